The van der Waals surface area contributed by atoms with Gasteiger partial charge in [-0.3, -0.25) is 4.90 Å². The summed E-state index contributed by atoms with van der Waals surface area (Å²) in [5.41, 5.74) is 6.36. The molecule has 114 valence electrons. The fourth-order valence-electron chi connectivity index (χ4n) is 3.88. The summed E-state index contributed by atoms with van der Waals surface area (Å²) in [5.74, 6) is 0.702. The van der Waals surface area contributed by atoms with Crippen LogP contribution in [0.15, 0.2) is 0 Å². The van der Waals surface area contributed by atoms with Crippen molar-refractivity contribution >= 4 is 0 Å². The minimum atomic E-state index is 0.144. The fraction of sp³-hybridized carbons (Fsp3) is 1.00. The molecule has 0 heterocycles. The molecule has 3 unspecified atom stereocenters. The maximum absolute atomic E-state index is 6.22. The van der Waals surface area contributed by atoms with Crippen LogP contribution in [-0.4, -0.2) is 57.0 Å². The Balaban J connectivity index is 2.90. The first-order chi connectivity index (χ1) is 9.16. The van der Waals surface area contributed by atoms with Gasteiger partial charge in [0.25, 0.3) is 0 Å². The van der Waals surface area contributed by atoms with Gasteiger partial charge >= 0.3 is 0 Å². The van der Waals surface area contributed by atoms with Crippen molar-refractivity contribution in [3.05, 3.63) is 0 Å². The quantitative estimate of drug-likeness (QED) is 0.696. The van der Waals surface area contributed by atoms with Crippen LogP contribution < -0.4 is 5.73 Å². The zero-order valence-electron chi connectivity index (χ0n) is 13.2. The SMILES string of the molecule is CCC1CCCC1(CN)N(CCOC)C(C)COC. The first kappa shape index (κ1) is 16.9. The number of nitrogens with zero attached hydrogens (tertiary/aromatic N) is 1. The summed E-state index contributed by atoms with van der Waals surface area (Å²) in [5, 5.41) is 0. The van der Waals surface area contributed by atoms with Crippen molar-refractivity contribution in [3.63, 3.8) is 0 Å². The number of methoxy groups -OCH3 is 2. The monoisotopic (exact) mass is 272 g/mol. The van der Waals surface area contributed by atoms with Gasteiger partial charge in [-0.2, -0.15) is 0 Å². The molecule has 0 aromatic rings. The van der Waals surface area contributed by atoms with Gasteiger partial charge in [0.1, 0.15) is 0 Å². The Morgan fingerprint density at radius 2 is 2.11 bits per heavy atom. The van der Waals surface area contributed by atoms with Crippen LogP contribution in [0.3, 0.4) is 0 Å². The van der Waals surface area contributed by atoms with E-state index in [1.165, 1.54) is 25.7 Å². The molecule has 0 spiro atoms. The molecule has 0 radical (unpaired) electrons. The van der Waals surface area contributed by atoms with E-state index in [2.05, 4.69) is 18.7 Å². The van der Waals surface area contributed by atoms with Gasteiger partial charge in [0, 0.05) is 38.9 Å². The molecule has 1 aliphatic rings. The zero-order chi connectivity index (χ0) is 14.3. The molecule has 1 rings (SSSR count). The third kappa shape index (κ3) is 3.69. The van der Waals surface area contributed by atoms with Gasteiger partial charge in [-0.25, -0.2) is 0 Å². The summed E-state index contributed by atoms with van der Waals surface area (Å²) in [4.78, 5) is 2.56. The molecule has 2 N–H and O–H groups in total. The summed E-state index contributed by atoms with van der Waals surface area (Å²) in [6.07, 6.45) is 5.01. The zero-order valence-corrected chi connectivity index (χ0v) is 13.2. The minimum Gasteiger partial charge on any atom is -0.383 e. The maximum Gasteiger partial charge on any atom is 0.0615 e. The Hall–Kier alpha value is -0.160. The summed E-state index contributed by atoms with van der Waals surface area (Å²) in [7, 11) is 3.53. The molecule has 0 aliphatic heterocycles. The summed E-state index contributed by atoms with van der Waals surface area (Å²) < 4.78 is 10.7. The normalized spacial score (nSPS) is 29.1. The van der Waals surface area contributed by atoms with Gasteiger partial charge < -0.3 is 15.2 Å². The first-order valence-electron chi connectivity index (χ1n) is 7.61. The topological polar surface area (TPSA) is 47.7 Å². The molecule has 3 atom stereocenters. The van der Waals surface area contributed by atoms with Crippen molar-refractivity contribution in [2.45, 2.75) is 51.1 Å². The largest absolute Gasteiger partial charge is 0.383 e. The fourth-order valence-corrected chi connectivity index (χ4v) is 3.88. The molecular weight excluding hydrogens is 240 g/mol. The molecule has 1 aliphatic carbocycles. The van der Waals surface area contributed by atoms with Crippen LogP contribution >= 0.6 is 0 Å². The van der Waals surface area contributed by atoms with Gasteiger partial charge in [0.05, 0.1) is 13.2 Å². The highest BCUT2D eigenvalue weighted by atomic mass is 16.5. The lowest BCUT2D eigenvalue weighted by Crippen LogP contribution is -2.60. The molecule has 19 heavy (non-hydrogen) atoms. The lowest BCUT2D eigenvalue weighted by atomic mass is 9.82. The first-order valence-corrected chi connectivity index (χ1v) is 7.61. The van der Waals surface area contributed by atoms with Gasteiger partial charge in [-0.15, -0.1) is 0 Å². The van der Waals surface area contributed by atoms with Gasteiger partial charge in [0.15, 0.2) is 0 Å². The van der Waals surface area contributed by atoms with E-state index in [0.29, 0.717) is 12.0 Å². The van der Waals surface area contributed by atoms with Gasteiger partial charge in [-0.05, 0) is 25.7 Å². The standard InChI is InChI=1S/C15H32N2O2/c1-5-14-7-6-8-15(14,12-16)17(9-10-18-3)13(2)11-19-4/h13-14H,5-12,16H2,1-4H3. The molecule has 0 bridgehead atoms. The number of nitrogens with two attached hydrogens (primary N) is 1. The highest BCUT2D eigenvalue weighted by Gasteiger charge is 2.46. The van der Waals surface area contributed by atoms with E-state index in [9.17, 15) is 0 Å². The predicted octanol–water partition coefficient (Wildman–Crippen LogP) is 1.88. The van der Waals surface area contributed by atoms with E-state index in [0.717, 1.165) is 26.3 Å². The second kappa shape index (κ2) is 8.20. The number of rotatable bonds is 9. The Morgan fingerprint density at radius 3 is 2.63 bits per heavy atom. The van der Waals surface area contributed by atoms with Crippen LogP contribution in [0, 0.1) is 5.92 Å². The van der Waals surface area contributed by atoms with Crippen LogP contribution in [-0.2, 0) is 9.47 Å². The second-order valence-corrected chi connectivity index (χ2v) is 5.80. The van der Waals surface area contributed by atoms with Gasteiger partial charge in [0.2, 0.25) is 0 Å². The molecule has 0 aromatic carbocycles. The highest BCUT2D eigenvalue weighted by Crippen LogP contribution is 2.42. The average molecular weight is 272 g/mol. The minimum absolute atomic E-state index is 0.144. The van der Waals surface area contributed by atoms with Crippen molar-refractivity contribution in [3.8, 4) is 0 Å². The van der Waals surface area contributed by atoms with E-state index < -0.39 is 0 Å². The highest BCUT2D eigenvalue weighted by molar-refractivity contribution is 5.02. The van der Waals surface area contributed by atoms with Crippen molar-refractivity contribution in [2.75, 3.05) is 40.5 Å². The van der Waals surface area contributed by atoms with E-state index in [1.54, 1.807) is 14.2 Å². The van der Waals surface area contributed by atoms with E-state index in [1.807, 2.05) is 0 Å². The Kier molecular flexibility index (Phi) is 7.29. The van der Waals surface area contributed by atoms with Crippen molar-refractivity contribution in [1.29, 1.82) is 0 Å². The van der Waals surface area contributed by atoms with Crippen molar-refractivity contribution in [2.24, 2.45) is 11.7 Å². The van der Waals surface area contributed by atoms with Crippen LogP contribution in [0.25, 0.3) is 0 Å². The second-order valence-electron chi connectivity index (χ2n) is 5.80. The molecule has 4 heteroatoms. The average Bonchev–Trinajstić information content (AvgIpc) is 2.83. The lowest BCUT2D eigenvalue weighted by Gasteiger charge is -2.48. The number of hydrogen-bond donors (Lipinski definition) is 1. The van der Waals surface area contributed by atoms with Crippen LogP contribution in [0.4, 0.5) is 0 Å². The molecule has 0 aromatic heterocycles. The van der Waals surface area contributed by atoms with Crippen LogP contribution in [0.5, 0.6) is 0 Å². The molecule has 0 amide bonds. The smallest absolute Gasteiger partial charge is 0.0615 e. The van der Waals surface area contributed by atoms with Gasteiger partial charge in [-0.1, -0.05) is 19.8 Å². The molecule has 0 saturated heterocycles. The summed E-state index contributed by atoms with van der Waals surface area (Å²) in [6.45, 7) is 7.71. The lowest BCUT2D eigenvalue weighted by molar-refractivity contribution is -0.0206. The molecule has 1 fully saturated rings. The number of hydrogen-bond acceptors (Lipinski definition) is 4. The van der Waals surface area contributed by atoms with E-state index in [-0.39, 0.29) is 5.54 Å². The Bertz CT molecular complexity index is 250. The summed E-state index contributed by atoms with van der Waals surface area (Å²) >= 11 is 0. The maximum atomic E-state index is 6.22. The summed E-state index contributed by atoms with van der Waals surface area (Å²) in [6, 6.07) is 0.385. The van der Waals surface area contributed by atoms with E-state index in [4.69, 9.17) is 15.2 Å². The van der Waals surface area contributed by atoms with Crippen molar-refractivity contribution < 1.29 is 9.47 Å². The predicted molar refractivity (Wildman–Crippen MR) is 79.3 cm³/mol. The third-order valence-corrected chi connectivity index (χ3v) is 4.82. The van der Waals surface area contributed by atoms with Crippen LogP contribution in [0.2, 0.25) is 0 Å². The molecule has 4 nitrogen and oxygen atoms in total. The Labute approximate surface area is 118 Å². The number of ether oxygens (including phenoxy) is 2. The third-order valence-electron chi connectivity index (χ3n) is 4.82. The van der Waals surface area contributed by atoms with Crippen molar-refractivity contribution in [1.82, 2.24) is 4.90 Å². The Morgan fingerprint density at radius 1 is 1.37 bits per heavy atom. The molecule has 1 saturated carbocycles. The van der Waals surface area contributed by atoms with Crippen LogP contribution in [0.1, 0.15) is 39.5 Å². The van der Waals surface area contributed by atoms with E-state index >= 15 is 0 Å². The molecular formula is C15H32N2O2.